The van der Waals surface area contributed by atoms with Crippen molar-refractivity contribution in [2.75, 3.05) is 0 Å². The molecule has 0 fully saturated rings. The van der Waals surface area contributed by atoms with Gasteiger partial charge in [-0.2, -0.15) is 0 Å². The highest BCUT2D eigenvalue weighted by atomic mass is 35.5. The molecule has 0 aliphatic carbocycles. The summed E-state index contributed by atoms with van der Waals surface area (Å²) in [6.45, 7) is 0. The van der Waals surface area contributed by atoms with E-state index in [9.17, 15) is 4.79 Å². The second-order valence-corrected chi connectivity index (χ2v) is 4.23. The summed E-state index contributed by atoms with van der Waals surface area (Å²) in [7, 11) is 0. The lowest BCUT2D eigenvalue weighted by molar-refractivity contribution is 0.0697. The van der Waals surface area contributed by atoms with E-state index in [0.717, 1.165) is 0 Å². The Morgan fingerprint density at radius 3 is 2.56 bits per heavy atom. The molecular formula is C12H7Cl2NO3. The van der Waals surface area contributed by atoms with Crippen LogP contribution in [0.2, 0.25) is 10.0 Å². The summed E-state index contributed by atoms with van der Waals surface area (Å²) in [6, 6.07) is 5.90. The van der Waals surface area contributed by atoms with Crippen LogP contribution in [0.4, 0.5) is 0 Å². The van der Waals surface area contributed by atoms with Crippen LogP contribution < -0.4 is 4.74 Å². The van der Waals surface area contributed by atoms with Crippen LogP contribution >= 0.6 is 23.2 Å². The maximum atomic E-state index is 10.8. The standard InChI is InChI=1S/C12H7Cl2NO3/c13-7-3-9(6-15-5-7)18-8-1-2-10(12(16)17)11(14)4-8/h1-6H,(H,16,17). The number of carboxylic acids is 1. The lowest BCUT2D eigenvalue weighted by Gasteiger charge is -2.06. The molecule has 4 nitrogen and oxygen atoms in total. The van der Waals surface area contributed by atoms with Gasteiger partial charge in [0.05, 0.1) is 21.8 Å². The number of carbonyl (C=O) groups is 1. The number of aromatic nitrogens is 1. The average molecular weight is 284 g/mol. The number of benzene rings is 1. The van der Waals surface area contributed by atoms with Crippen molar-refractivity contribution in [2.45, 2.75) is 0 Å². The molecule has 0 radical (unpaired) electrons. The van der Waals surface area contributed by atoms with E-state index in [4.69, 9.17) is 33.0 Å². The van der Waals surface area contributed by atoms with Gasteiger partial charge in [0.1, 0.15) is 11.5 Å². The van der Waals surface area contributed by atoms with Crippen molar-refractivity contribution >= 4 is 29.2 Å². The summed E-state index contributed by atoms with van der Waals surface area (Å²) in [6.07, 6.45) is 2.97. The summed E-state index contributed by atoms with van der Waals surface area (Å²) in [5, 5.41) is 9.38. The Balaban J connectivity index is 2.25. The number of rotatable bonds is 3. The number of nitrogens with zero attached hydrogens (tertiary/aromatic N) is 1. The Labute approximate surface area is 113 Å². The number of aromatic carboxylic acids is 1. The minimum atomic E-state index is -1.09. The van der Waals surface area contributed by atoms with Gasteiger partial charge in [-0.1, -0.05) is 23.2 Å². The van der Waals surface area contributed by atoms with Gasteiger partial charge < -0.3 is 9.84 Å². The maximum absolute atomic E-state index is 10.8. The molecule has 0 bridgehead atoms. The van der Waals surface area contributed by atoms with Crippen LogP contribution in [0, 0.1) is 0 Å². The van der Waals surface area contributed by atoms with Crippen molar-refractivity contribution in [1.82, 2.24) is 4.98 Å². The molecule has 1 aromatic carbocycles. The van der Waals surface area contributed by atoms with Gasteiger partial charge in [-0.25, -0.2) is 4.79 Å². The normalized spacial score (nSPS) is 10.1. The van der Waals surface area contributed by atoms with Crippen molar-refractivity contribution in [3.63, 3.8) is 0 Å². The highest BCUT2D eigenvalue weighted by Crippen LogP contribution is 2.27. The van der Waals surface area contributed by atoms with Crippen LogP contribution in [-0.4, -0.2) is 16.1 Å². The monoisotopic (exact) mass is 283 g/mol. The largest absolute Gasteiger partial charge is 0.478 e. The summed E-state index contributed by atoms with van der Waals surface area (Å²) < 4.78 is 5.45. The highest BCUT2D eigenvalue weighted by molar-refractivity contribution is 6.33. The van der Waals surface area contributed by atoms with Gasteiger partial charge in [-0.15, -0.1) is 0 Å². The van der Waals surface area contributed by atoms with E-state index in [-0.39, 0.29) is 10.6 Å². The zero-order chi connectivity index (χ0) is 13.1. The zero-order valence-electron chi connectivity index (χ0n) is 8.93. The van der Waals surface area contributed by atoms with E-state index < -0.39 is 5.97 Å². The van der Waals surface area contributed by atoms with Gasteiger partial charge in [0.25, 0.3) is 0 Å². The SMILES string of the molecule is O=C(O)c1ccc(Oc2cncc(Cl)c2)cc1Cl. The first-order valence-corrected chi connectivity index (χ1v) is 5.63. The first-order chi connectivity index (χ1) is 8.56. The first kappa shape index (κ1) is 12.7. The molecule has 0 saturated heterocycles. The number of ether oxygens (including phenoxy) is 1. The van der Waals surface area contributed by atoms with Crippen LogP contribution in [0.5, 0.6) is 11.5 Å². The van der Waals surface area contributed by atoms with Crippen LogP contribution in [0.3, 0.4) is 0 Å². The molecule has 0 aliphatic rings. The molecule has 0 amide bonds. The summed E-state index contributed by atoms with van der Waals surface area (Å²) in [4.78, 5) is 14.6. The molecule has 0 unspecified atom stereocenters. The topological polar surface area (TPSA) is 59.4 Å². The quantitative estimate of drug-likeness (QED) is 0.929. The Kier molecular flexibility index (Phi) is 3.69. The van der Waals surface area contributed by atoms with E-state index in [1.54, 1.807) is 6.07 Å². The third kappa shape index (κ3) is 2.91. The van der Waals surface area contributed by atoms with E-state index in [1.165, 1.54) is 30.6 Å². The fourth-order valence-corrected chi connectivity index (χ4v) is 1.73. The lowest BCUT2D eigenvalue weighted by Crippen LogP contribution is -1.97. The van der Waals surface area contributed by atoms with Crippen molar-refractivity contribution < 1.29 is 14.6 Å². The fourth-order valence-electron chi connectivity index (χ4n) is 1.32. The van der Waals surface area contributed by atoms with Gasteiger partial charge >= 0.3 is 5.97 Å². The number of hydrogen-bond donors (Lipinski definition) is 1. The zero-order valence-corrected chi connectivity index (χ0v) is 10.4. The van der Waals surface area contributed by atoms with Crippen molar-refractivity contribution in [3.8, 4) is 11.5 Å². The van der Waals surface area contributed by atoms with Crippen molar-refractivity contribution in [3.05, 3.63) is 52.3 Å². The molecule has 1 heterocycles. The Bertz CT molecular complexity index is 602. The Morgan fingerprint density at radius 1 is 1.17 bits per heavy atom. The number of hydrogen-bond acceptors (Lipinski definition) is 3. The smallest absolute Gasteiger partial charge is 0.337 e. The van der Waals surface area contributed by atoms with Gasteiger partial charge in [-0.05, 0) is 12.1 Å². The van der Waals surface area contributed by atoms with Crippen molar-refractivity contribution in [2.24, 2.45) is 0 Å². The molecular weight excluding hydrogens is 277 g/mol. The second kappa shape index (κ2) is 5.25. The average Bonchev–Trinajstić information content (AvgIpc) is 2.28. The number of carboxylic acid groups (broad SMARTS) is 1. The van der Waals surface area contributed by atoms with Gasteiger partial charge in [-0.3, -0.25) is 4.98 Å². The summed E-state index contributed by atoms with van der Waals surface area (Å²) >= 11 is 11.6. The molecule has 0 spiro atoms. The predicted octanol–water partition coefficient (Wildman–Crippen LogP) is 3.88. The Hall–Kier alpha value is -1.78. The molecule has 0 aliphatic heterocycles. The molecule has 6 heteroatoms. The van der Waals surface area contributed by atoms with Gasteiger partial charge in [0, 0.05) is 18.3 Å². The van der Waals surface area contributed by atoms with Crippen molar-refractivity contribution in [1.29, 1.82) is 0 Å². The van der Waals surface area contributed by atoms with E-state index in [2.05, 4.69) is 4.98 Å². The van der Waals surface area contributed by atoms with E-state index in [1.807, 2.05) is 0 Å². The molecule has 92 valence electrons. The van der Waals surface area contributed by atoms with Crippen LogP contribution in [0.25, 0.3) is 0 Å². The number of halogens is 2. The summed E-state index contributed by atoms with van der Waals surface area (Å²) in [5.41, 5.74) is 0.0215. The molecule has 1 N–H and O–H groups in total. The molecule has 0 saturated carbocycles. The molecule has 18 heavy (non-hydrogen) atoms. The molecule has 2 rings (SSSR count). The molecule has 2 aromatic rings. The van der Waals surface area contributed by atoms with Crippen LogP contribution in [0.1, 0.15) is 10.4 Å². The highest BCUT2D eigenvalue weighted by Gasteiger charge is 2.09. The maximum Gasteiger partial charge on any atom is 0.337 e. The number of pyridine rings is 1. The molecule has 0 atom stereocenters. The predicted molar refractivity (Wildman–Crippen MR) is 67.7 cm³/mol. The van der Waals surface area contributed by atoms with E-state index >= 15 is 0 Å². The van der Waals surface area contributed by atoms with Gasteiger partial charge in [0.2, 0.25) is 0 Å². The van der Waals surface area contributed by atoms with Crippen LogP contribution in [-0.2, 0) is 0 Å². The van der Waals surface area contributed by atoms with E-state index in [0.29, 0.717) is 16.5 Å². The summed E-state index contributed by atoms with van der Waals surface area (Å²) in [5.74, 6) is -0.230. The lowest BCUT2D eigenvalue weighted by atomic mass is 10.2. The third-order valence-electron chi connectivity index (χ3n) is 2.09. The second-order valence-electron chi connectivity index (χ2n) is 3.39. The minimum absolute atomic E-state index is 0.0215. The Morgan fingerprint density at radius 2 is 1.94 bits per heavy atom. The third-order valence-corrected chi connectivity index (χ3v) is 2.61. The minimum Gasteiger partial charge on any atom is -0.478 e. The van der Waals surface area contributed by atoms with Gasteiger partial charge in [0.15, 0.2) is 0 Å². The molecule has 1 aromatic heterocycles. The first-order valence-electron chi connectivity index (χ1n) is 4.87. The van der Waals surface area contributed by atoms with Crippen LogP contribution in [0.15, 0.2) is 36.7 Å². The fraction of sp³-hybridized carbons (Fsp3) is 0.